The van der Waals surface area contributed by atoms with Crippen molar-refractivity contribution in [2.24, 2.45) is 5.16 Å². The van der Waals surface area contributed by atoms with Crippen LogP contribution in [0.2, 0.25) is 0 Å². The molecule has 0 fully saturated rings. The first-order valence-electron chi connectivity index (χ1n) is 3.56. The number of carbonyl (C=O) groups is 1. The third-order valence-corrected chi connectivity index (χ3v) is 1.33. The van der Waals surface area contributed by atoms with Crippen molar-refractivity contribution in [3.8, 4) is 0 Å². The van der Waals surface area contributed by atoms with Crippen molar-refractivity contribution >= 4 is 11.7 Å². The number of hydrogen-bond acceptors (Lipinski definition) is 6. The second-order valence-electron chi connectivity index (χ2n) is 2.91. The summed E-state index contributed by atoms with van der Waals surface area (Å²) in [5, 5.41) is 28.5. The summed E-state index contributed by atoms with van der Waals surface area (Å²) < 4.78 is 0. The van der Waals surface area contributed by atoms with Gasteiger partial charge in [0.1, 0.15) is 0 Å². The molecule has 0 aliphatic carbocycles. The van der Waals surface area contributed by atoms with Crippen LogP contribution in [0.4, 0.5) is 0 Å². The van der Waals surface area contributed by atoms with Gasteiger partial charge >= 0.3 is 0 Å². The molecule has 0 amide bonds. The van der Waals surface area contributed by atoms with Gasteiger partial charge in [-0.25, -0.2) is 0 Å². The molecule has 0 heterocycles. The van der Waals surface area contributed by atoms with E-state index < -0.39 is 11.5 Å². The summed E-state index contributed by atoms with van der Waals surface area (Å²) in [7, 11) is 0. The third kappa shape index (κ3) is 8.77. The Balaban J connectivity index is 0. The number of hydroxylamine groups is 1. The molecule has 0 aromatic rings. The number of carboxylic acids is 1. The van der Waals surface area contributed by atoms with Crippen LogP contribution < -0.4 is 10.6 Å². The lowest BCUT2D eigenvalue weighted by molar-refractivity contribution is -0.302. The minimum Gasteiger partial charge on any atom is -0.550 e. The Morgan fingerprint density at radius 3 is 1.85 bits per heavy atom. The number of carbonyl (C=O) groups excluding carboxylic acids is 1. The molecule has 0 atom stereocenters. The zero-order valence-electron chi connectivity index (χ0n) is 8.16. The number of carboxylic acid groups (broad SMARTS) is 1. The van der Waals surface area contributed by atoms with Gasteiger partial charge in [-0.15, -0.1) is 0 Å². The van der Waals surface area contributed by atoms with Gasteiger partial charge in [0.2, 0.25) is 0 Å². The Hall–Kier alpha value is -1.14. The molecule has 0 bridgehead atoms. The lowest BCUT2D eigenvalue weighted by atomic mass is 10.0. The Morgan fingerprint density at radius 2 is 1.77 bits per heavy atom. The first-order chi connectivity index (χ1) is 5.77. The lowest BCUT2D eigenvalue weighted by Gasteiger charge is -2.20. The summed E-state index contributed by atoms with van der Waals surface area (Å²) >= 11 is 0. The van der Waals surface area contributed by atoms with E-state index in [2.05, 4.69) is 5.16 Å². The first kappa shape index (κ1) is 14.4. The third-order valence-electron chi connectivity index (χ3n) is 1.33. The summed E-state index contributed by atoms with van der Waals surface area (Å²) in [5.74, 6) is -1.08. The Labute approximate surface area is 76.8 Å². The van der Waals surface area contributed by atoms with Crippen molar-refractivity contribution in [1.29, 1.82) is 0 Å². The highest BCUT2D eigenvalue weighted by atomic mass is 16.5. The predicted octanol–water partition coefficient (Wildman–Crippen LogP) is -0.650. The Bertz CT molecular complexity index is 185. The van der Waals surface area contributed by atoms with Crippen LogP contribution in [0.25, 0.3) is 0 Å². The maximum absolute atomic E-state index is 8.89. The van der Waals surface area contributed by atoms with Gasteiger partial charge in [0, 0.05) is 5.97 Å². The zero-order chi connectivity index (χ0) is 11.1. The number of rotatable bonds is 2. The fraction of sp³-hybridized carbons (Fsp3) is 0.714. The first-order valence-corrected chi connectivity index (χ1v) is 3.56. The maximum atomic E-state index is 8.89. The average Bonchev–Trinajstić information content (AvgIpc) is 2.02. The van der Waals surface area contributed by atoms with E-state index in [1.807, 2.05) is 5.48 Å². The van der Waals surface area contributed by atoms with Crippen molar-refractivity contribution in [3.05, 3.63) is 0 Å². The molecule has 6 nitrogen and oxygen atoms in total. The predicted molar refractivity (Wildman–Crippen MR) is 44.6 cm³/mol. The number of oxime groups is 1. The molecule has 6 heteroatoms. The van der Waals surface area contributed by atoms with Gasteiger partial charge in [0.05, 0.1) is 11.3 Å². The molecule has 0 unspecified atom stereocenters. The summed E-state index contributed by atoms with van der Waals surface area (Å²) in [6.45, 7) is 5.98. The molecule has 3 N–H and O–H groups in total. The molecule has 0 aliphatic rings. The van der Waals surface area contributed by atoms with Gasteiger partial charge in [-0.3, -0.25) is 0 Å². The lowest BCUT2D eigenvalue weighted by Crippen LogP contribution is -2.43. The maximum Gasteiger partial charge on any atom is 0.0784 e. The van der Waals surface area contributed by atoms with E-state index in [4.69, 9.17) is 20.3 Å². The van der Waals surface area contributed by atoms with E-state index in [0.29, 0.717) is 5.71 Å². The summed E-state index contributed by atoms with van der Waals surface area (Å²) in [6.07, 6.45) is 0. The van der Waals surface area contributed by atoms with E-state index >= 15 is 0 Å². The van der Waals surface area contributed by atoms with E-state index in [1.54, 1.807) is 20.8 Å². The largest absolute Gasteiger partial charge is 0.550 e. The molecule has 13 heavy (non-hydrogen) atoms. The topological polar surface area (TPSA) is 105 Å². The quantitative estimate of drug-likeness (QED) is 0.305. The second kappa shape index (κ2) is 6.38. The van der Waals surface area contributed by atoms with E-state index in [-0.39, 0.29) is 0 Å². The number of nitrogens with zero attached hydrogens (tertiary/aromatic N) is 1. The molecule has 0 aromatic heterocycles. The molecular weight excluding hydrogens is 176 g/mol. The number of aliphatic carboxylic acids is 1. The van der Waals surface area contributed by atoms with Crippen LogP contribution in [0.1, 0.15) is 27.7 Å². The Morgan fingerprint density at radius 1 is 1.46 bits per heavy atom. The monoisotopic (exact) mass is 191 g/mol. The van der Waals surface area contributed by atoms with E-state index in [9.17, 15) is 0 Å². The standard InChI is InChI=1S/C5H12N2O2.C2H4O2/c1-4(6-8)5(2,3)7-9;1-2(3)4/h7-9H,1-3H3;1H3,(H,3,4)/p-1. The summed E-state index contributed by atoms with van der Waals surface area (Å²) in [5.41, 5.74) is 1.79. The zero-order valence-corrected chi connectivity index (χ0v) is 8.16. The fourth-order valence-corrected chi connectivity index (χ4v) is 0.206. The van der Waals surface area contributed by atoms with Crippen LogP contribution in [-0.2, 0) is 4.79 Å². The molecule has 0 aromatic carbocycles. The van der Waals surface area contributed by atoms with Gasteiger partial charge in [-0.05, 0) is 27.7 Å². The van der Waals surface area contributed by atoms with Crippen molar-refractivity contribution in [3.63, 3.8) is 0 Å². The van der Waals surface area contributed by atoms with Crippen LogP contribution in [0.15, 0.2) is 5.16 Å². The normalized spacial score (nSPS) is 11.6. The van der Waals surface area contributed by atoms with Gasteiger partial charge in [-0.2, -0.15) is 5.48 Å². The molecule has 0 aliphatic heterocycles. The molecule has 0 rings (SSSR count). The highest BCUT2D eigenvalue weighted by Crippen LogP contribution is 2.02. The van der Waals surface area contributed by atoms with E-state index in [1.165, 1.54) is 0 Å². The van der Waals surface area contributed by atoms with Crippen molar-refractivity contribution in [1.82, 2.24) is 5.48 Å². The SMILES string of the molecule is CC(=NO)C(C)(C)NO.CC(=O)[O-]. The van der Waals surface area contributed by atoms with Gasteiger partial charge < -0.3 is 20.3 Å². The number of nitrogens with one attached hydrogen (secondary N) is 1. The van der Waals surface area contributed by atoms with Crippen molar-refractivity contribution < 1.29 is 20.3 Å². The van der Waals surface area contributed by atoms with Gasteiger partial charge in [0.25, 0.3) is 0 Å². The molecule has 0 saturated carbocycles. The minimum absolute atomic E-state index is 0.435. The second-order valence-corrected chi connectivity index (χ2v) is 2.91. The Kier molecular flexibility index (Phi) is 7.07. The summed E-state index contributed by atoms with van der Waals surface area (Å²) in [4.78, 5) is 8.89. The highest BCUT2D eigenvalue weighted by Gasteiger charge is 2.20. The van der Waals surface area contributed by atoms with E-state index in [0.717, 1.165) is 6.92 Å². The van der Waals surface area contributed by atoms with Crippen molar-refractivity contribution in [2.45, 2.75) is 33.2 Å². The smallest absolute Gasteiger partial charge is 0.0784 e. The van der Waals surface area contributed by atoms with Gasteiger partial charge in [-0.1, -0.05) is 5.16 Å². The summed E-state index contributed by atoms with van der Waals surface area (Å²) in [6, 6.07) is 0. The van der Waals surface area contributed by atoms with Crippen LogP contribution in [0.3, 0.4) is 0 Å². The number of hydrogen-bond donors (Lipinski definition) is 3. The minimum atomic E-state index is -1.08. The highest BCUT2D eigenvalue weighted by molar-refractivity contribution is 5.89. The van der Waals surface area contributed by atoms with Crippen LogP contribution in [0.5, 0.6) is 0 Å². The van der Waals surface area contributed by atoms with Crippen molar-refractivity contribution in [2.75, 3.05) is 0 Å². The fourth-order valence-electron chi connectivity index (χ4n) is 0.206. The van der Waals surface area contributed by atoms with Gasteiger partial charge in [0.15, 0.2) is 0 Å². The van der Waals surface area contributed by atoms with Crippen LogP contribution in [-0.4, -0.2) is 27.6 Å². The molecule has 0 saturated heterocycles. The molecule has 0 radical (unpaired) electrons. The van der Waals surface area contributed by atoms with Crippen LogP contribution >= 0.6 is 0 Å². The molecule has 0 spiro atoms. The van der Waals surface area contributed by atoms with Crippen LogP contribution in [0, 0.1) is 0 Å². The molecular formula is C7H15N2O4-. The average molecular weight is 191 g/mol. The molecule has 78 valence electrons.